The van der Waals surface area contributed by atoms with Crippen LogP contribution in [0.3, 0.4) is 0 Å². The van der Waals surface area contributed by atoms with E-state index in [4.69, 9.17) is 8.83 Å². The van der Waals surface area contributed by atoms with Gasteiger partial charge in [-0.15, -0.1) is 0 Å². The van der Waals surface area contributed by atoms with Crippen molar-refractivity contribution < 1.29 is 8.83 Å². The van der Waals surface area contributed by atoms with Crippen molar-refractivity contribution in [2.45, 2.75) is 65.2 Å². The molecule has 0 radical (unpaired) electrons. The molecule has 150 valence electrons. The summed E-state index contributed by atoms with van der Waals surface area (Å²) >= 11 is 0. The molecule has 2 heterocycles. The third kappa shape index (κ3) is 8.85. The molecule has 2 rings (SSSR count). The van der Waals surface area contributed by atoms with E-state index in [-0.39, 0.29) is 0 Å². The first kappa shape index (κ1) is 21.7. The van der Waals surface area contributed by atoms with Gasteiger partial charge in [-0.2, -0.15) is 10.2 Å². The standard InChI is InChI=1S/C24H32N2O2/c1-3-5-7-11-21(17-23-13-9-15-27-23)19-25-26-20-22(12-8-6-4-2)18-24-14-10-16-28-24/h9-10,13-20H,3-8,11-12H2,1-2H3. The lowest BCUT2D eigenvalue weighted by Gasteiger charge is -2.01. The Kier molecular flexibility index (Phi) is 10.5. The summed E-state index contributed by atoms with van der Waals surface area (Å²) in [7, 11) is 0. The molecule has 0 spiro atoms. The zero-order valence-corrected chi connectivity index (χ0v) is 17.1. The van der Waals surface area contributed by atoms with E-state index in [1.54, 1.807) is 12.5 Å². The summed E-state index contributed by atoms with van der Waals surface area (Å²) in [4.78, 5) is 0. The van der Waals surface area contributed by atoms with Crippen molar-refractivity contribution >= 4 is 24.6 Å². The topological polar surface area (TPSA) is 51.0 Å². The number of furan rings is 2. The molecule has 0 aliphatic heterocycles. The van der Waals surface area contributed by atoms with Crippen LogP contribution < -0.4 is 0 Å². The van der Waals surface area contributed by atoms with Crippen molar-refractivity contribution in [3.05, 3.63) is 59.5 Å². The third-order valence-corrected chi connectivity index (χ3v) is 4.39. The molecule has 0 amide bonds. The summed E-state index contributed by atoms with van der Waals surface area (Å²) in [6.07, 6.45) is 20.2. The van der Waals surface area contributed by atoms with Crippen molar-refractivity contribution in [2.75, 3.05) is 0 Å². The molecule has 0 N–H and O–H groups in total. The van der Waals surface area contributed by atoms with E-state index >= 15 is 0 Å². The lowest BCUT2D eigenvalue weighted by molar-refractivity contribution is 0.556. The Morgan fingerprint density at radius 2 is 1.21 bits per heavy atom. The van der Waals surface area contributed by atoms with Crippen LogP contribution in [0.4, 0.5) is 0 Å². The fraction of sp³-hybridized carbons (Fsp3) is 0.417. The number of allylic oxidation sites excluding steroid dienone is 2. The van der Waals surface area contributed by atoms with Crippen molar-refractivity contribution in [1.82, 2.24) is 0 Å². The second-order valence-corrected chi connectivity index (χ2v) is 6.87. The average Bonchev–Trinajstić information content (AvgIpc) is 3.39. The average molecular weight is 381 g/mol. The maximum Gasteiger partial charge on any atom is 0.126 e. The second-order valence-electron chi connectivity index (χ2n) is 6.87. The van der Waals surface area contributed by atoms with E-state index in [2.05, 4.69) is 24.1 Å². The number of rotatable bonds is 13. The summed E-state index contributed by atoms with van der Waals surface area (Å²) in [5, 5.41) is 8.58. The van der Waals surface area contributed by atoms with Crippen LogP contribution in [-0.4, -0.2) is 12.4 Å². The maximum absolute atomic E-state index is 5.43. The highest BCUT2D eigenvalue weighted by Crippen LogP contribution is 2.14. The molecule has 0 saturated heterocycles. The van der Waals surface area contributed by atoms with E-state index in [0.717, 1.165) is 48.3 Å². The highest BCUT2D eigenvalue weighted by Gasteiger charge is 1.99. The molecule has 4 nitrogen and oxygen atoms in total. The molecule has 0 atom stereocenters. The quantitative estimate of drug-likeness (QED) is 0.204. The molecule has 4 heteroatoms. The van der Waals surface area contributed by atoms with Crippen molar-refractivity contribution in [1.29, 1.82) is 0 Å². The Morgan fingerprint density at radius 3 is 1.57 bits per heavy atom. The lowest BCUT2D eigenvalue weighted by Crippen LogP contribution is -1.88. The molecular weight excluding hydrogens is 348 g/mol. The predicted molar refractivity (Wildman–Crippen MR) is 119 cm³/mol. The van der Waals surface area contributed by atoms with Crippen molar-refractivity contribution in [3.8, 4) is 0 Å². The number of hydrogen-bond acceptors (Lipinski definition) is 4. The van der Waals surface area contributed by atoms with Gasteiger partial charge in [0, 0.05) is 0 Å². The van der Waals surface area contributed by atoms with Crippen molar-refractivity contribution in [2.24, 2.45) is 10.2 Å². The highest BCUT2D eigenvalue weighted by atomic mass is 16.3. The smallest absolute Gasteiger partial charge is 0.126 e. The number of unbranched alkanes of at least 4 members (excludes halogenated alkanes) is 4. The van der Waals surface area contributed by atoms with Gasteiger partial charge in [0.1, 0.15) is 11.5 Å². The third-order valence-electron chi connectivity index (χ3n) is 4.39. The minimum atomic E-state index is 0.847. The Hall–Kier alpha value is -2.62. The maximum atomic E-state index is 5.43. The highest BCUT2D eigenvalue weighted by molar-refractivity contribution is 5.87. The fourth-order valence-corrected chi connectivity index (χ4v) is 2.83. The fourth-order valence-electron chi connectivity index (χ4n) is 2.83. The van der Waals surface area contributed by atoms with Crippen molar-refractivity contribution in [3.63, 3.8) is 0 Å². The molecule has 0 unspecified atom stereocenters. The summed E-state index contributed by atoms with van der Waals surface area (Å²) in [5.41, 5.74) is 2.26. The van der Waals surface area contributed by atoms with E-state index in [1.165, 1.54) is 25.7 Å². The van der Waals surface area contributed by atoms with E-state index in [1.807, 2.05) is 48.8 Å². The molecule has 0 aromatic carbocycles. The first-order valence-corrected chi connectivity index (χ1v) is 10.4. The van der Waals surface area contributed by atoms with Gasteiger partial charge in [0.05, 0.1) is 25.0 Å². The Morgan fingerprint density at radius 1 is 0.750 bits per heavy atom. The van der Waals surface area contributed by atoms with Gasteiger partial charge in [-0.05, 0) is 73.2 Å². The minimum Gasteiger partial charge on any atom is -0.465 e. The number of hydrogen-bond donors (Lipinski definition) is 0. The van der Waals surface area contributed by atoms with Gasteiger partial charge >= 0.3 is 0 Å². The molecule has 28 heavy (non-hydrogen) atoms. The van der Waals surface area contributed by atoms with E-state index in [0.29, 0.717) is 0 Å². The Balaban J connectivity index is 2.03. The Labute approximate surface area is 168 Å². The van der Waals surface area contributed by atoms with Crippen LogP contribution in [0.1, 0.15) is 76.7 Å². The van der Waals surface area contributed by atoms with Crippen LogP contribution in [0.15, 0.2) is 67.0 Å². The van der Waals surface area contributed by atoms with E-state index in [9.17, 15) is 0 Å². The van der Waals surface area contributed by atoms with Gasteiger partial charge in [0.25, 0.3) is 0 Å². The largest absolute Gasteiger partial charge is 0.465 e. The molecule has 0 saturated carbocycles. The summed E-state index contributed by atoms with van der Waals surface area (Å²) in [6.45, 7) is 4.42. The minimum absolute atomic E-state index is 0.847. The molecule has 0 aliphatic carbocycles. The molecule has 0 aliphatic rings. The molecule has 0 fully saturated rings. The molecule has 2 aromatic rings. The lowest BCUT2D eigenvalue weighted by atomic mass is 10.1. The van der Waals surface area contributed by atoms with Crippen LogP contribution >= 0.6 is 0 Å². The Bertz CT molecular complexity index is 684. The van der Waals surface area contributed by atoms with E-state index < -0.39 is 0 Å². The number of nitrogens with zero attached hydrogens (tertiary/aromatic N) is 2. The molecule has 0 bridgehead atoms. The van der Waals surface area contributed by atoms with Crippen LogP contribution in [0, 0.1) is 0 Å². The predicted octanol–water partition coefficient (Wildman–Crippen LogP) is 7.56. The van der Waals surface area contributed by atoms with Crippen LogP contribution in [0.5, 0.6) is 0 Å². The van der Waals surface area contributed by atoms with Crippen LogP contribution in [0.2, 0.25) is 0 Å². The van der Waals surface area contributed by atoms with Crippen LogP contribution in [0.25, 0.3) is 12.2 Å². The summed E-state index contributed by atoms with van der Waals surface area (Å²) < 4.78 is 10.9. The van der Waals surface area contributed by atoms with Gasteiger partial charge in [-0.25, -0.2) is 0 Å². The SMILES string of the molecule is CCCCCC(C=NN=CC(=Cc1ccco1)CCCCC)=Cc1ccco1. The first-order chi connectivity index (χ1) is 13.8. The zero-order chi connectivity index (χ0) is 19.9. The summed E-state index contributed by atoms with van der Waals surface area (Å²) in [5.74, 6) is 1.69. The second kappa shape index (κ2) is 13.5. The normalized spacial score (nSPS) is 13.2. The van der Waals surface area contributed by atoms with Gasteiger partial charge < -0.3 is 8.83 Å². The molecular formula is C24H32N2O2. The zero-order valence-electron chi connectivity index (χ0n) is 17.1. The van der Waals surface area contributed by atoms with Gasteiger partial charge in [-0.3, -0.25) is 0 Å². The van der Waals surface area contributed by atoms with Crippen LogP contribution in [-0.2, 0) is 0 Å². The van der Waals surface area contributed by atoms with Gasteiger partial charge in [0.15, 0.2) is 0 Å². The summed E-state index contributed by atoms with van der Waals surface area (Å²) in [6, 6.07) is 7.70. The monoisotopic (exact) mass is 380 g/mol. The molecule has 2 aromatic heterocycles. The van der Waals surface area contributed by atoms with Gasteiger partial charge in [0.2, 0.25) is 0 Å². The van der Waals surface area contributed by atoms with Gasteiger partial charge in [-0.1, -0.05) is 39.5 Å². The first-order valence-electron chi connectivity index (χ1n) is 10.4.